The van der Waals surface area contributed by atoms with Gasteiger partial charge in [-0.2, -0.15) is 0 Å². The fourth-order valence-electron chi connectivity index (χ4n) is 2.11. The van der Waals surface area contributed by atoms with E-state index in [-0.39, 0.29) is 11.4 Å². The van der Waals surface area contributed by atoms with Crippen molar-refractivity contribution in [1.82, 2.24) is 0 Å². The van der Waals surface area contributed by atoms with Crippen molar-refractivity contribution in [2.75, 3.05) is 25.0 Å². The maximum atomic E-state index is 11.1. The molecule has 0 heterocycles. The van der Waals surface area contributed by atoms with Crippen molar-refractivity contribution in [3.63, 3.8) is 0 Å². The SMILES string of the molecule is CS(C)(O)c1ccc2c(N=O)c(O)c(S(C)(C)O)cc2c1. The van der Waals surface area contributed by atoms with E-state index < -0.39 is 20.6 Å². The molecule has 0 atom stereocenters. The van der Waals surface area contributed by atoms with E-state index in [1.807, 2.05) is 0 Å². The molecule has 0 aliphatic rings. The van der Waals surface area contributed by atoms with E-state index in [1.165, 1.54) is 0 Å². The predicted molar refractivity (Wildman–Crippen MR) is 91.7 cm³/mol. The van der Waals surface area contributed by atoms with Gasteiger partial charge in [-0.05, 0) is 53.8 Å². The van der Waals surface area contributed by atoms with Crippen LogP contribution in [0.25, 0.3) is 10.8 Å². The number of phenols is 1. The van der Waals surface area contributed by atoms with Crippen molar-refractivity contribution in [3.05, 3.63) is 29.2 Å². The number of hydrogen-bond donors (Lipinski definition) is 3. The number of nitrogens with zero attached hydrogens (tertiary/aromatic N) is 1. The molecule has 0 fully saturated rings. The second-order valence-corrected chi connectivity index (χ2v) is 11.6. The summed E-state index contributed by atoms with van der Waals surface area (Å²) in [5.74, 6) is -0.275. The first-order valence-corrected chi connectivity index (χ1v) is 10.9. The fraction of sp³-hybridized carbons (Fsp3) is 0.286. The van der Waals surface area contributed by atoms with Crippen molar-refractivity contribution in [2.45, 2.75) is 9.79 Å². The molecule has 0 aliphatic carbocycles. The number of phenolic OH excluding ortho intramolecular Hbond substituents is 1. The standard InChI is InChI=1S/C14H19NO4S2/c1-20(2,18)10-5-6-11-9(7-10)8-12(21(3,4)19)14(16)13(11)15-17/h5-8,16,18-19H,1-4H3. The Morgan fingerprint density at radius 1 is 1.00 bits per heavy atom. The molecule has 2 rings (SSSR count). The molecule has 0 radical (unpaired) electrons. The zero-order chi connectivity index (χ0) is 16.0. The van der Waals surface area contributed by atoms with Gasteiger partial charge < -0.3 is 14.2 Å². The predicted octanol–water partition coefficient (Wildman–Crippen LogP) is 4.74. The zero-order valence-corrected chi connectivity index (χ0v) is 14.0. The molecule has 3 N–H and O–H groups in total. The van der Waals surface area contributed by atoms with E-state index in [4.69, 9.17) is 0 Å². The molecule has 0 unspecified atom stereocenters. The number of nitroso groups, excluding NO2 is 1. The molecular weight excluding hydrogens is 310 g/mol. The molecule has 21 heavy (non-hydrogen) atoms. The van der Waals surface area contributed by atoms with Gasteiger partial charge in [0.25, 0.3) is 0 Å². The lowest BCUT2D eigenvalue weighted by molar-refractivity contribution is 0.462. The van der Waals surface area contributed by atoms with E-state index in [9.17, 15) is 19.1 Å². The van der Waals surface area contributed by atoms with Crippen LogP contribution < -0.4 is 0 Å². The van der Waals surface area contributed by atoms with Crippen LogP contribution in [0.1, 0.15) is 0 Å². The summed E-state index contributed by atoms with van der Waals surface area (Å²) >= 11 is 0. The molecule has 7 heteroatoms. The zero-order valence-electron chi connectivity index (χ0n) is 12.3. The Hall–Kier alpha value is -1.28. The van der Waals surface area contributed by atoms with Gasteiger partial charge in [0, 0.05) is 10.3 Å². The van der Waals surface area contributed by atoms with Crippen LogP contribution in [-0.4, -0.2) is 39.2 Å². The highest BCUT2D eigenvalue weighted by molar-refractivity contribution is 8.28. The van der Waals surface area contributed by atoms with Gasteiger partial charge in [-0.15, -0.1) is 25.5 Å². The van der Waals surface area contributed by atoms with Crippen molar-refractivity contribution in [3.8, 4) is 5.75 Å². The van der Waals surface area contributed by atoms with Crippen LogP contribution in [0.15, 0.2) is 39.2 Å². The van der Waals surface area contributed by atoms with E-state index in [0.29, 0.717) is 15.7 Å². The summed E-state index contributed by atoms with van der Waals surface area (Å²) in [6, 6.07) is 6.81. The topological polar surface area (TPSA) is 90.1 Å². The van der Waals surface area contributed by atoms with Crippen LogP contribution in [0, 0.1) is 4.91 Å². The van der Waals surface area contributed by atoms with Crippen LogP contribution in [0.4, 0.5) is 5.69 Å². The molecule has 0 saturated carbocycles. The highest BCUT2D eigenvalue weighted by Crippen LogP contribution is 2.55. The maximum absolute atomic E-state index is 11.1. The lowest BCUT2D eigenvalue weighted by Gasteiger charge is -2.27. The normalized spacial score (nSPS) is 14.2. The lowest BCUT2D eigenvalue weighted by Crippen LogP contribution is -1.97. The van der Waals surface area contributed by atoms with Gasteiger partial charge in [-0.25, -0.2) is 0 Å². The average molecular weight is 329 g/mol. The largest absolute Gasteiger partial charge is 0.504 e. The first-order chi connectivity index (χ1) is 9.55. The molecular formula is C14H19NO4S2. The van der Waals surface area contributed by atoms with Gasteiger partial charge in [-0.3, -0.25) is 0 Å². The molecule has 0 bridgehead atoms. The molecule has 0 spiro atoms. The quantitative estimate of drug-likeness (QED) is 0.710. The number of fused-ring (bicyclic) bond motifs is 1. The van der Waals surface area contributed by atoms with Crippen LogP contribution in [0.2, 0.25) is 0 Å². The monoisotopic (exact) mass is 329 g/mol. The van der Waals surface area contributed by atoms with Crippen molar-refractivity contribution < 1.29 is 14.2 Å². The van der Waals surface area contributed by atoms with Crippen LogP contribution in [0.5, 0.6) is 5.75 Å². The molecule has 0 saturated heterocycles. The summed E-state index contributed by atoms with van der Waals surface area (Å²) < 4.78 is 20.4. The smallest absolute Gasteiger partial charge is 0.159 e. The van der Waals surface area contributed by atoms with Crippen LogP contribution in [0.3, 0.4) is 0 Å². The Morgan fingerprint density at radius 3 is 2.10 bits per heavy atom. The molecule has 116 valence electrons. The summed E-state index contributed by atoms with van der Waals surface area (Å²) in [6.45, 7) is 0. The third-order valence-corrected chi connectivity index (χ3v) is 6.02. The minimum atomic E-state index is -2.21. The number of hydrogen-bond acceptors (Lipinski definition) is 5. The molecule has 2 aromatic rings. The van der Waals surface area contributed by atoms with E-state index >= 15 is 0 Å². The van der Waals surface area contributed by atoms with Gasteiger partial charge in [0.1, 0.15) is 0 Å². The van der Waals surface area contributed by atoms with Gasteiger partial charge in [0.05, 0.1) is 4.90 Å². The first-order valence-electron chi connectivity index (χ1n) is 6.10. The number of benzene rings is 2. The minimum absolute atomic E-state index is 0.0746. The fourth-order valence-corrected chi connectivity index (χ4v) is 3.92. The maximum Gasteiger partial charge on any atom is 0.159 e. The Kier molecular flexibility index (Phi) is 3.96. The third kappa shape index (κ3) is 3.01. The summed E-state index contributed by atoms with van der Waals surface area (Å²) in [4.78, 5) is 12.1. The van der Waals surface area contributed by atoms with Crippen molar-refractivity contribution in [1.29, 1.82) is 0 Å². The van der Waals surface area contributed by atoms with Crippen LogP contribution in [-0.2, 0) is 0 Å². The Bertz CT molecular complexity index is 717. The lowest BCUT2D eigenvalue weighted by atomic mass is 10.1. The summed E-state index contributed by atoms with van der Waals surface area (Å²) in [7, 11) is -4.11. The van der Waals surface area contributed by atoms with Gasteiger partial charge in [0.15, 0.2) is 11.4 Å². The summed E-state index contributed by atoms with van der Waals surface area (Å²) in [5.41, 5.74) is -0.0746. The average Bonchev–Trinajstić information content (AvgIpc) is 2.35. The first kappa shape index (κ1) is 16.1. The van der Waals surface area contributed by atoms with Gasteiger partial charge in [0.2, 0.25) is 0 Å². The molecule has 0 aliphatic heterocycles. The Morgan fingerprint density at radius 2 is 1.62 bits per heavy atom. The van der Waals surface area contributed by atoms with E-state index in [1.54, 1.807) is 49.3 Å². The molecule has 0 amide bonds. The van der Waals surface area contributed by atoms with Crippen molar-refractivity contribution in [2.24, 2.45) is 5.18 Å². The molecule has 0 aromatic heterocycles. The highest BCUT2D eigenvalue weighted by Gasteiger charge is 2.22. The number of aromatic hydroxyl groups is 1. The van der Waals surface area contributed by atoms with Crippen LogP contribution >= 0.6 is 20.6 Å². The minimum Gasteiger partial charge on any atom is -0.504 e. The summed E-state index contributed by atoms with van der Waals surface area (Å²) in [6.07, 6.45) is 6.70. The Balaban J connectivity index is 2.86. The van der Waals surface area contributed by atoms with Crippen molar-refractivity contribution >= 4 is 37.1 Å². The second-order valence-electron chi connectivity index (χ2n) is 5.59. The number of rotatable bonds is 3. The van der Waals surface area contributed by atoms with E-state index in [0.717, 1.165) is 4.90 Å². The van der Waals surface area contributed by atoms with Gasteiger partial charge >= 0.3 is 0 Å². The second kappa shape index (κ2) is 5.17. The molecule has 2 aromatic carbocycles. The third-order valence-electron chi connectivity index (χ3n) is 3.23. The Labute approximate surface area is 126 Å². The molecule has 5 nitrogen and oxygen atoms in total. The highest BCUT2D eigenvalue weighted by atomic mass is 32.3. The van der Waals surface area contributed by atoms with Gasteiger partial charge in [-0.1, -0.05) is 6.07 Å². The van der Waals surface area contributed by atoms with E-state index in [2.05, 4.69) is 5.18 Å². The summed E-state index contributed by atoms with van der Waals surface area (Å²) in [5, 5.41) is 14.3.